The number of nitrogens with one attached hydrogen (secondary N) is 1. The van der Waals surface area contributed by atoms with E-state index in [1.807, 2.05) is 51.1 Å². The summed E-state index contributed by atoms with van der Waals surface area (Å²) in [7, 11) is 0. The van der Waals surface area contributed by atoms with Gasteiger partial charge in [0.1, 0.15) is 11.7 Å². The predicted octanol–water partition coefficient (Wildman–Crippen LogP) is 3.18. The molecule has 0 aliphatic carbocycles. The quantitative estimate of drug-likeness (QED) is 0.871. The number of rotatable bonds is 3. The molecule has 0 saturated carbocycles. The largest absolute Gasteiger partial charge is 0.444 e. The molecule has 0 radical (unpaired) electrons. The molecule has 2 rings (SSSR count). The van der Waals surface area contributed by atoms with E-state index in [9.17, 15) is 4.79 Å². The van der Waals surface area contributed by atoms with Crippen molar-refractivity contribution in [3.63, 3.8) is 0 Å². The van der Waals surface area contributed by atoms with E-state index in [0.717, 1.165) is 5.56 Å². The van der Waals surface area contributed by atoms with Gasteiger partial charge in [-0.3, -0.25) is 0 Å². The Balaban J connectivity index is 1.96. The van der Waals surface area contributed by atoms with Gasteiger partial charge in [0, 0.05) is 5.56 Å². The van der Waals surface area contributed by atoms with Gasteiger partial charge in [0.15, 0.2) is 6.29 Å². The molecular formula is C17H23NO4. The Kier molecular flexibility index (Phi) is 5.21. The second-order valence-electron chi connectivity index (χ2n) is 6.17. The normalized spacial score (nSPS) is 25.3. The molecule has 1 heterocycles. The highest BCUT2D eigenvalue weighted by Crippen LogP contribution is 2.26. The molecule has 3 atom stereocenters. The van der Waals surface area contributed by atoms with E-state index in [2.05, 4.69) is 11.9 Å². The fourth-order valence-corrected chi connectivity index (χ4v) is 2.15. The van der Waals surface area contributed by atoms with Crippen LogP contribution in [0.3, 0.4) is 0 Å². The lowest BCUT2D eigenvalue weighted by Gasteiger charge is -2.35. The van der Waals surface area contributed by atoms with Crippen LogP contribution in [0.25, 0.3) is 0 Å². The van der Waals surface area contributed by atoms with Crippen LogP contribution in [0.2, 0.25) is 0 Å². The molecule has 1 aliphatic rings. The fourth-order valence-electron chi connectivity index (χ4n) is 2.15. The maximum absolute atomic E-state index is 11.9. The summed E-state index contributed by atoms with van der Waals surface area (Å²) in [6.07, 6.45) is 0.377. The second kappa shape index (κ2) is 6.94. The maximum Gasteiger partial charge on any atom is 0.408 e. The lowest BCUT2D eigenvalue weighted by molar-refractivity contribution is -0.215. The molecule has 1 aliphatic heterocycles. The van der Waals surface area contributed by atoms with Crippen molar-refractivity contribution in [2.24, 2.45) is 0 Å². The number of benzene rings is 1. The SMILES string of the molecule is C=C[C@@H]1O[C@H](c2ccccc2)OC[C@H]1NC(=O)OC(C)(C)C. The molecule has 1 N–H and O–H groups in total. The van der Waals surface area contributed by atoms with Crippen LogP contribution in [0.15, 0.2) is 43.0 Å². The van der Waals surface area contributed by atoms with Gasteiger partial charge < -0.3 is 19.5 Å². The summed E-state index contributed by atoms with van der Waals surface area (Å²) in [5, 5.41) is 2.77. The number of amides is 1. The first kappa shape index (κ1) is 16.5. The zero-order valence-electron chi connectivity index (χ0n) is 13.2. The van der Waals surface area contributed by atoms with E-state index in [4.69, 9.17) is 14.2 Å². The van der Waals surface area contributed by atoms with E-state index in [-0.39, 0.29) is 12.1 Å². The molecule has 5 heteroatoms. The minimum atomic E-state index is -0.545. The van der Waals surface area contributed by atoms with Crippen LogP contribution in [0.4, 0.5) is 4.79 Å². The van der Waals surface area contributed by atoms with Crippen LogP contribution in [0.1, 0.15) is 32.6 Å². The summed E-state index contributed by atoms with van der Waals surface area (Å²) >= 11 is 0. The van der Waals surface area contributed by atoms with Crippen molar-refractivity contribution in [3.05, 3.63) is 48.6 Å². The fraction of sp³-hybridized carbons (Fsp3) is 0.471. The zero-order valence-corrected chi connectivity index (χ0v) is 13.2. The minimum Gasteiger partial charge on any atom is -0.444 e. The van der Waals surface area contributed by atoms with Crippen LogP contribution in [-0.4, -0.2) is 30.4 Å². The summed E-state index contributed by atoms with van der Waals surface area (Å²) in [4.78, 5) is 11.9. The molecule has 0 unspecified atom stereocenters. The molecule has 1 saturated heterocycles. The monoisotopic (exact) mass is 305 g/mol. The molecule has 0 bridgehead atoms. The average molecular weight is 305 g/mol. The standard InChI is InChI=1S/C17H23NO4/c1-5-14-13(18-16(19)22-17(2,3)4)11-20-15(21-14)12-9-7-6-8-10-12/h5-10,13-15H,1,11H2,2-4H3,(H,18,19)/t13-,14+,15-/m1/s1. The Morgan fingerprint density at radius 1 is 1.36 bits per heavy atom. The van der Waals surface area contributed by atoms with E-state index >= 15 is 0 Å². The van der Waals surface area contributed by atoms with Crippen molar-refractivity contribution in [2.75, 3.05) is 6.61 Å². The maximum atomic E-state index is 11.9. The van der Waals surface area contributed by atoms with E-state index in [1.54, 1.807) is 6.08 Å². The summed E-state index contributed by atoms with van der Waals surface area (Å²) < 4.78 is 16.8. The Bertz CT molecular complexity index is 509. The lowest BCUT2D eigenvalue weighted by Crippen LogP contribution is -2.51. The van der Waals surface area contributed by atoms with E-state index < -0.39 is 18.0 Å². The highest BCUT2D eigenvalue weighted by molar-refractivity contribution is 5.68. The third-order valence-corrected chi connectivity index (χ3v) is 3.11. The van der Waals surface area contributed by atoms with Crippen molar-refractivity contribution in [1.82, 2.24) is 5.32 Å². The van der Waals surface area contributed by atoms with Gasteiger partial charge >= 0.3 is 6.09 Å². The summed E-state index contributed by atoms with van der Waals surface area (Å²) in [6, 6.07) is 9.34. The number of alkyl carbamates (subject to hydrolysis) is 1. The van der Waals surface area contributed by atoms with Gasteiger partial charge in [0.05, 0.1) is 12.6 Å². The number of carbonyl (C=O) groups excluding carboxylic acids is 1. The van der Waals surface area contributed by atoms with Crippen LogP contribution < -0.4 is 5.32 Å². The topological polar surface area (TPSA) is 56.8 Å². The Hall–Kier alpha value is -1.85. The number of carbonyl (C=O) groups is 1. The first-order valence-electron chi connectivity index (χ1n) is 7.33. The van der Waals surface area contributed by atoms with Gasteiger partial charge in [0.2, 0.25) is 0 Å². The second-order valence-corrected chi connectivity index (χ2v) is 6.17. The Morgan fingerprint density at radius 3 is 2.64 bits per heavy atom. The lowest BCUT2D eigenvalue weighted by atomic mass is 10.1. The summed E-state index contributed by atoms with van der Waals surface area (Å²) in [5.41, 5.74) is 0.390. The summed E-state index contributed by atoms with van der Waals surface area (Å²) in [6.45, 7) is 9.55. The van der Waals surface area contributed by atoms with Gasteiger partial charge in [-0.2, -0.15) is 0 Å². The van der Waals surface area contributed by atoms with Crippen molar-refractivity contribution >= 4 is 6.09 Å². The minimum absolute atomic E-state index is 0.327. The first-order valence-corrected chi connectivity index (χ1v) is 7.33. The van der Waals surface area contributed by atoms with Gasteiger partial charge in [-0.1, -0.05) is 36.4 Å². The summed E-state index contributed by atoms with van der Waals surface area (Å²) in [5.74, 6) is 0. The van der Waals surface area contributed by atoms with Gasteiger partial charge in [-0.05, 0) is 20.8 Å². The highest BCUT2D eigenvalue weighted by Gasteiger charge is 2.33. The average Bonchev–Trinajstić information content (AvgIpc) is 2.46. The number of hydrogen-bond acceptors (Lipinski definition) is 4. The highest BCUT2D eigenvalue weighted by atomic mass is 16.7. The van der Waals surface area contributed by atoms with Crippen molar-refractivity contribution < 1.29 is 19.0 Å². The molecular weight excluding hydrogens is 282 g/mol. The van der Waals surface area contributed by atoms with Crippen molar-refractivity contribution in [3.8, 4) is 0 Å². The van der Waals surface area contributed by atoms with Gasteiger partial charge in [0.25, 0.3) is 0 Å². The zero-order chi connectivity index (χ0) is 16.2. The smallest absolute Gasteiger partial charge is 0.408 e. The van der Waals surface area contributed by atoms with Crippen molar-refractivity contribution in [2.45, 2.75) is 44.8 Å². The third kappa shape index (κ3) is 4.58. The van der Waals surface area contributed by atoms with Crippen LogP contribution in [0.5, 0.6) is 0 Å². The van der Waals surface area contributed by atoms with Crippen LogP contribution in [-0.2, 0) is 14.2 Å². The van der Waals surface area contributed by atoms with Gasteiger partial charge in [-0.25, -0.2) is 4.79 Å². The third-order valence-electron chi connectivity index (χ3n) is 3.11. The predicted molar refractivity (Wildman–Crippen MR) is 83.4 cm³/mol. The van der Waals surface area contributed by atoms with Crippen LogP contribution >= 0.6 is 0 Å². The van der Waals surface area contributed by atoms with E-state index in [1.165, 1.54) is 0 Å². The Morgan fingerprint density at radius 2 is 2.05 bits per heavy atom. The molecule has 0 aromatic heterocycles. The van der Waals surface area contributed by atoms with Crippen molar-refractivity contribution in [1.29, 1.82) is 0 Å². The molecule has 1 amide bonds. The Labute approximate surface area is 131 Å². The molecule has 0 spiro atoms. The van der Waals surface area contributed by atoms with Gasteiger partial charge in [-0.15, -0.1) is 6.58 Å². The number of hydrogen-bond donors (Lipinski definition) is 1. The number of ether oxygens (including phenoxy) is 3. The van der Waals surface area contributed by atoms with E-state index in [0.29, 0.717) is 6.61 Å². The molecule has 1 aromatic rings. The molecule has 1 fully saturated rings. The van der Waals surface area contributed by atoms with Crippen LogP contribution in [0, 0.1) is 0 Å². The first-order chi connectivity index (χ1) is 10.4. The molecule has 5 nitrogen and oxygen atoms in total. The molecule has 22 heavy (non-hydrogen) atoms. The molecule has 1 aromatic carbocycles. The molecule has 120 valence electrons.